The Hall–Kier alpha value is -2.60. The van der Waals surface area contributed by atoms with E-state index in [4.69, 9.17) is 9.52 Å². The van der Waals surface area contributed by atoms with Crippen molar-refractivity contribution < 1.29 is 19.1 Å². The van der Waals surface area contributed by atoms with Crippen LogP contribution in [0.25, 0.3) is 11.0 Å². The third-order valence-corrected chi connectivity index (χ3v) is 4.14. The maximum Gasteiger partial charge on any atom is 0.348 e. The van der Waals surface area contributed by atoms with Crippen molar-refractivity contribution in [2.24, 2.45) is 0 Å². The number of nitrogens with one attached hydrogen (secondary N) is 1. The standard InChI is InChI=1S/C15H11NO4S/c1-8-7-21-13(15(18)19)12(8)16-14(17)11-6-9-4-2-3-5-10(9)20-11/h2-7H,1H3,(H,16,17)(H,18,19). The lowest BCUT2D eigenvalue weighted by molar-refractivity contribution is 0.0703. The number of anilines is 1. The molecular formula is C15H11NO4S. The van der Waals surface area contributed by atoms with E-state index in [-0.39, 0.29) is 10.6 Å². The molecule has 2 N–H and O–H groups in total. The highest BCUT2D eigenvalue weighted by atomic mass is 32.1. The molecule has 106 valence electrons. The molecule has 1 aromatic carbocycles. The molecule has 2 heterocycles. The summed E-state index contributed by atoms with van der Waals surface area (Å²) in [5.41, 5.74) is 1.64. The first kappa shape index (κ1) is 13.4. The quantitative estimate of drug-likeness (QED) is 0.772. The normalized spacial score (nSPS) is 10.7. The highest BCUT2D eigenvalue weighted by molar-refractivity contribution is 7.12. The molecule has 6 heteroatoms. The van der Waals surface area contributed by atoms with Crippen LogP contribution < -0.4 is 5.32 Å². The lowest BCUT2D eigenvalue weighted by Gasteiger charge is -2.04. The van der Waals surface area contributed by atoms with E-state index in [2.05, 4.69) is 5.32 Å². The van der Waals surface area contributed by atoms with E-state index in [9.17, 15) is 9.59 Å². The molecule has 1 amide bonds. The molecule has 0 radical (unpaired) electrons. The monoisotopic (exact) mass is 301 g/mol. The van der Waals surface area contributed by atoms with Crippen molar-refractivity contribution in [1.82, 2.24) is 0 Å². The summed E-state index contributed by atoms with van der Waals surface area (Å²) < 4.78 is 5.46. The van der Waals surface area contributed by atoms with E-state index in [1.54, 1.807) is 24.4 Å². The van der Waals surface area contributed by atoms with Crippen LogP contribution in [0.15, 0.2) is 40.1 Å². The van der Waals surface area contributed by atoms with Gasteiger partial charge in [-0.25, -0.2) is 4.79 Å². The minimum atomic E-state index is -1.06. The third kappa shape index (κ3) is 2.41. The van der Waals surface area contributed by atoms with E-state index in [1.807, 2.05) is 18.2 Å². The van der Waals surface area contributed by atoms with Crippen molar-refractivity contribution in [1.29, 1.82) is 0 Å². The first-order valence-electron chi connectivity index (χ1n) is 6.17. The summed E-state index contributed by atoms with van der Waals surface area (Å²) >= 11 is 1.08. The fourth-order valence-corrected chi connectivity index (χ4v) is 2.87. The van der Waals surface area contributed by atoms with Gasteiger partial charge < -0.3 is 14.8 Å². The largest absolute Gasteiger partial charge is 0.477 e. The molecular weight excluding hydrogens is 290 g/mol. The van der Waals surface area contributed by atoms with E-state index in [0.717, 1.165) is 16.7 Å². The second-order valence-corrected chi connectivity index (χ2v) is 5.41. The number of rotatable bonds is 3. The summed E-state index contributed by atoms with van der Waals surface area (Å²) in [7, 11) is 0. The predicted molar refractivity (Wildman–Crippen MR) is 80.2 cm³/mol. The molecule has 5 nitrogen and oxygen atoms in total. The van der Waals surface area contributed by atoms with Crippen LogP contribution in [0.2, 0.25) is 0 Å². The van der Waals surface area contributed by atoms with E-state index in [1.165, 1.54) is 0 Å². The molecule has 0 spiro atoms. The van der Waals surface area contributed by atoms with Crippen molar-refractivity contribution in [3.63, 3.8) is 0 Å². The van der Waals surface area contributed by atoms with Gasteiger partial charge in [-0.15, -0.1) is 11.3 Å². The maximum absolute atomic E-state index is 12.2. The topological polar surface area (TPSA) is 79.5 Å². The molecule has 3 aromatic rings. The second kappa shape index (κ2) is 5.06. The summed E-state index contributed by atoms with van der Waals surface area (Å²) in [6.45, 7) is 1.75. The fraction of sp³-hybridized carbons (Fsp3) is 0.0667. The summed E-state index contributed by atoms with van der Waals surface area (Å²) in [6.07, 6.45) is 0. The number of para-hydroxylation sites is 1. The van der Waals surface area contributed by atoms with Gasteiger partial charge in [0, 0.05) is 5.39 Å². The average Bonchev–Trinajstić information content (AvgIpc) is 3.03. The highest BCUT2D eigenvalue weighted by Gasteiger charge is 2.19. The zero-order valence-corrected chi connectivity index (χ0v) is 11.9. The summed E-state index contributed by atoms with van der Waals surface area (Å²) in [5.74, 6) is -1.37. The van der Waals surface area contributed by atoms with Crippen LogP contribution in [0.4, 0.5) is 5.69 Å². The highest BCUT2D eigenvalue weighted by Crippen LogP contribution is 2.28. The Labute approximate surface area is 123 Å². The first-order chi connectivity index (χ1) is 10.1. The van der Waals surface area contributed by atoms with Gasteiger partial charge in [0.25, 0.3) is 5.91 Å². The van der Waals surface area contributed by atoms with Crippen molar-refractivity contribution in [3.05, 3.63) is 51.9 Å². The number of furan rings is 1. The lowest BCUT2D eigenvalue weighted by atomic mass is 10.2. The number of carbonyl (C=O) groups excluding carboxylic acids is 1. The summed E-state index contributed by atoms with van der Waals surface area (Å²) in [6, 6.07) is 8.91. The van der Waals surface area contributed by atoms with Gasteiger partial charge in [0.05, 0.1) is 5.69 Å². The van der Waals surface area contributed by atoms with Gasteiger partial charge in [0.1, 0.15) is 10.5 Å². The molecule has 2 aromatic heterocycles. The molecule has 0 aliphatic rings. The van der Waals surface area contributed by atoms with Gasteiger partial charge in [-0.3, -0.25) is 4.79 Å². The van der Waals surface area contributed by atoms with Crippen LogP contribution in [0, 0.1) is 6.92 Å². The van der Waals surface area contributed by atoms with Crippen molar-refractivity contribution in [2.75, 3.05) is 5.32 Å². The number of fused-ring (bicyclic) bond motifs is 1. The fourth-order valence-electron chi connectivity index (χ4n) is 2.03. The van der Waals surface area contributed by atoms with Crippen LogP contribution in [-0.4, -0.2) is 17.0 Å². The number of aromatic carboxylic acids is 1. The van der Waals surface area contributed by atoms with Crippen molar-refractivity contribution >= 4 is 39.9 Å². The Morgan fingerprint density at radius 1 is 1.29 bits per heavy atom. The number of benzene rings is 1. The molecule has 0 saturated heterocycles. The van der Waals surface area contributed by atoms with Crippen molar-refractivity contribution in [3.8, 4) is 0 Å². The number of hydrogen-bond donors (Lipinski definition) is 2. The minimum Gasteiger partial charge on any atom is -0.477 e. The molecule has 21 heavy (non-hydrogen) atoms. The Morgan fingerprint density at radius 3 is 2.76 bits per heavy atom. The van der Waals surface area contributed by atoms with Gasteiger partial charge >= 0.3 is 5.97 Å². The van der Waals surface area contributed by atoms with Gasteiger partial charge in [-0.1, -0.05) is 18.2 Å². The minimum absolute atomic E-state index is 0.108. The summed E-state index contributed by atoms with van der Waals surface area (Å²) in [5, 5.41) is 14.2. The maximum atomic E-state index is 12.2. The van der Waals surface area contributed by atoms with Crippen LogP contribution in [0.1, 0.15) is 25.8 Å². The molecule has 0 unspecified atom stereocenters. The SMILES string of the molecule is Cc1csc(C(=O)O)c1NC(=O)c1cc2ccccc2o1. The average molecular weight is 301 g/mol. The van der Waals surface area contributed by atoms with Gasteiger partial charge in [-0.2, -0.15) is 0 Å². The number of carboxylic acids is 1. The zero-order valence-electron chi connectivity index (χ0n) is 11.0. The van der Waals surface area contributed by atoms with Crippen LogP contribution in [-0.2, 0) is 0 Å². The van der Waals surface area contributed by atoms with E-state index >= 15 is 0 Å². The first-order valence-corrected chi connectivity index (χ1v) is 7.05. The molecule has 0 fully saturated rings. The smallest absolute Gasteiger partial charge is 0.348 e. The van der Waals surface area contributed by atoms with Crippen LogP contribution in [0.3, 0.4) is 0 Å². The summed E-state index contributed by atoms with van der Waals surface area (Å²) in [4.78, 5) is 23.5. The van der Waals surface area contributed by atoms with E-state index < -0.39 is 11.9 Å². The molecule has 0 bridgehead atoms. The van der Waals surface area contributed by atoms with Crippen molar-refractivity contribution in [2.45, 2.75) is 6.92 Å². The number of thiophene rings is 1. The molecule has 0 saturated carbocycles. The number of carboxylic acid groups (broad SMARTS) is 1. The Bertz CT molecular complexity index is 813. The number of hydrogen-bond acceptors (Lipinski definition) is 4. The molecule has 0 atom stereocenters. The zero-order chi connectivity index (χ0) is 15.0. The van der Waals surface area contributed by atoms with E-state index in [0.29, 0.717) is 16.8 Å². The molecule has 3 rings (SSSR count). The molecule has 0 aliphatic heterocycles. The van der Waals surface area contributed by atoms with Gasteiger partial charge in [0.2, 0.25) is 0 Å². The Kier molecular flexibility index (Phi) is 3.23. The number of amides is 1. The van der Waals surface area contributed by atoms with Gasteiger partial charge in [0.15, 0.2) is 5.76 Å². The predicted octanol–water partition coefficient (Wildman–Crippen LogP) is 3.75. The Morgan fingerprint density at radius 2 is 2.05 bits per heavy atom. The number of carbonyl (C=O) groups is 2. The van der Waals surface area contributed by atoms with Crippen LogP contribution >= 0.6 is 11.3 Å². The Balaban J connectivity index is 1.93. The second-order valence-electron chi connectivity index (χ2n) is 4.53. The third-order valence-electron chi connectivity index (χ3n) is 3.06. The number of aryl methyl sites for hydroxylation is 1. The van der Waals surface area contributed by atoms with Crippen LogP contribution in [0.5, 0.6) is 0 Å². The van der Waals surface area contributed by atoms with Gasteiger partial charge in [-0.05, 0) is 30.0 Å². The molecule has 0 aliphatic carbocycles. The lowest BCUT2D eigenvalue weighted by Crippen LogP contribution is -2.13.